The molecule has 0 radical (unpaired) electrons. The van der Waals surface area contributed by atoms with Crippen molar-refractivity contribution in [1.82, 2.24) is 4.90 Å². The lowest BCUT2D eigenvalue weighted by atomic mass is 10.1. The van der Waals surface area contributed by atoms with Gasteiger partial charge in [-0.2, -0.15) is 0 Å². The van der Waals surface area contributed by atoms with Gasteiger partial charge in [-0.05, 0) is 30.7 Å². The van der Waals surface area contributed by atoms with Crippen molar-refractivity contribution in [3.63, 3.8) is 0 Å². The van der Waals surface area contributed by atoms with Crippen LogP contribution in [0.15, 0.2) is 24.3 Å². The quantitative estimate of drug-likeness (QED) is 0.876. The summed E-state index contributed by atoms with van der Waals surface area (Å²) in [5, 5.41) is 8.81. The van der Waals surface area contributed by atoms with E-state index in [0.29, 0.717) is 18.5 Å². The highest BCUT2D eigenvalue weighted by atomic mass is 16.3. The molecule has 1 aliphatic heterocycles. The van der Waals surface area contributed by atoms with Gasteiger partial charge in [-0.25, -0.2) is 0 Å². The summed E-state index contributed by atoms with van der Waals surface area (Å²) in [6, 6.07) is 7.03. The molecule has 1 heterocycles. The second-order valence-electron chi connectivity index (χ2n) is 4.65. The van der Waals surface area contributed by atoms with Crippen LogP contribution in [0.3, 0.4) is 0 Å². The molecule has 1 aromatic carbocycles. The fraction of sp³-hybridized carbons (Fsp3) is 0.429. The van der Waals surface area contributed by atoms with Crippen molar-refractivity contribution in [2.24, 2.45) is 0 Å². The number of carbonyl (C=O) groups excluding carboxylic acids is 2. The van der Waals surface area contributed by atoms with Gasteiger partial charge >= 0.3 is 0 Å². The van der Waals surface area contributed by atoms with Crippen LogP contribution in [0.1, 0.15) is 23.2 Å². The van der Waals surface area contributed by atoms with Crippen LogP contribution in [0, 0.1) is 0 Å². The van der Waals surface area contributed by atoms with Gasteiger partial charge in [0.15, 0.2) is 0 Å². The van der Waals surface area contributed by atoms with Crippen LogP contribution in [-0.4, -0.2) is 48.6 Å². The second-order valence-corrected chi connectivity index (χ2v) is 4.65. The molecular formula is C14H18N2O3. The number of aliphatic hydroxyl groups excluding tert-OH is 1. The van der Waals surface area contributed by atoms with E-state index in [0.717, 1.165) is 18.7 Å². The monoisotopic (exact) mass is 262 g/mol. The molecule has 0 bridgehead atoms. The van der Waals surface area contributed by atoms with Crippen LogP contribution in [0.2, 0.25) is 0 Å². The van der Waals surface area contributed by atoms with Gasteiger partial charge in [0.2, 0.25) is 5.91 Å². The Labute approximate surface area is 112 Å². The predicted octanol–water partition coefficient (Wildman–Crippen LogP) is 0.878. The largest absolute Gasteiger partial charge is 0.395 e. The Morgan fingerprint density at radius 1 is 1.37 bits per heavy atom. The van der Waals surface area contributed by atoms with Crippen molar-refractivity contribution in [2.45, 2.75) is 12.8 Å². The zero-order chi connectivity index (χ0) is 13.8. The lowest BCUT2D eigenvalue weighted by Gasteiger charge is -2.18. The molecule has 1 fully saturated rings. The highest BCUT2D eigenvalue weighted by Crippen LogP contribution is 2.21. The van der Waals surface area contributed by atoms with Gasteiger partial charge in [0.25, 0.3) is 5.91 Å². The van der Waals surface area contributed by atoms with Gasteiger partial charge in [0.1, 0.15) is 0 Å². The van der Waals surface area contributed by atoms with Crippen molar-refractivity contribution >= 4 is 17.5 Å². The van der Waals surface area contributed by atoms with Gasteiger partial charge in [-0.3, -0.25) is 9.59 Å². The number of hydrogen-bond acceptors (Lipinski definition) is 3. The fourth-order valence-corrected chi connectivity index (χ4v) is 2.18. The van der Waals surface area contributed by atoms with Crippen LogP contribution >= 0.6 is 0 Å². The molecular weight excluding hydrogens is 244 g/mol. The predicted molar refractivity (Wildman–Crippen MR) is 72.1 cm³/mol. The van der Waals surface area contributed by atoms with Crippen LogP contribution < -0.4 is 4.90 Å². The molecule has 0 atom stereocenters. The minimum Gasteiger partial charge on any atom is -0.395 e. The Morgan fingerprint density at radius 3 is 2.58 bits per heavy atom. The zero-order valence-corrected chi connectivity index (χ0v) is 11.0. The Bertz CT molecular complexity index is 470. The summed E-state index contributed by atoms with van der Waals surface area (Å²) in [4.78, 5) is 26.8. The standard InChI is InChI=1S/C14H18N2O3/c1-15(9-10-17)14(19)11-4-6-12(7-5-11)16-8-2-3-13(16)18/h4-7,17H,2-3,8-10H2,1H3. The van der Waals surface area contributed by atoms with Crippen molar-refractivity contribution in [3.05, 3.63) is 29.8 Å². The first-order valence-corrected chi connectivity index (χ1v) is 6.40. The third-order valence-corrected chi connectivity index (χ3v) is 3.28. The van der Waals surface area contributed by atoms with Gasteiger partial charge in [0, 0.05) is 37.8 Å². The maximum Gasteiger partial charge on any atom is 0.253 e. The summed E-state index contributed by atoms with van der Waals surface area (Å²) in [6.07, 6.45) is 1.48. The smallest absolute Gasteiger partial charge is 0.253 e. The summed E-state index contributed by atoms with van der Waals surface area (Å²) in [7, 11) is 1.65. The topological polar surface area (TPSA) is 60.9 Å². The summed E-state index contributed by atoms with van der Waals surface area (Å²) in [5.41, 5.74) is 1.40. The van der Waals surface area contributed by atoms with E-state index in [1.54, 1.807) is 36.2 Å². The molecule has 1 aromatic rings. The number of hydrogen-bond donors (Lipinski definition) is 1. The van der Waals surface area contributed by atoms with E-state index in [2.05, 4.69) is 0 Å². The number of nitrogens with zero attached hydrogens (tertiary/aromatic N) is 2. The summed E-state index contributed by atoms with van der Waals surface area (Å²) in [6.45, 7) is 1.00. The number of aliphatic hydroxyl groups is 1. The normalized spacial score (nSPS) is 14.8. The molecule has 19 heavy (non-hydrogen) atoms. The maximum atomic E-state index is 12.0. The first kappa shape index (κ1) is 13.5. The highest BCUT2D eigenvalue weighted by Gasteiger charge is 2.21. The van der Waals surface area contributed by atoms with E-state index < -0.39 is 0 Å². The van der Waals surface area contributed by atoms with Crippen LogP contribution in [-0.2, 0) is 4.79 Å². The molecule has 0 aromatic heterocycles. The van der Waals surface area contributed by atoms with E-state index in [9.17, 15) is 9.59 Å². The lowest BCUT2D eigenvalue weighted by molar-refractivity contribution is -0.117. The third kappa shape index (κ3) is 2.93. The third-order valence-electron chi connectivity index (χ3n) is 3.28. The fourth-order valence-electron chi connectivity index (χ4n) is 2.18. The maximum absolute atomic E-state index is 12.0. The number of benzene rings is 1. The van der Waals surface area contributed by atoms with Gasteiger partial charge < -0.3 is 14.9 Å². The number of amides is 2. The summed E-state index contributed by atoms with van der Waals surface area (Å²) < 4.78 is 0. The van der Waals surface area contributed by atoms with Crippen LogP contribution in [0.25, 0.3) is 0 Å². The number of rotatable bonds is 4. The Hall–Kier alpha value is -1.88. The number of anilines is 1. The average molecular weight is 262 g/mol. The molecule has 2 amide bonds. The van der Waals surface area contributed by atoms with Crippen LogP contribution in [0.4, 0.5) is 5.69 Å². The van der Waals surface area contributed by atoms with E-state index in [1.165, 1.54) is 4.90 Å². The molecule has 102 valence electrons. The van der Waals surface area contributed by atoms with Crippen molar-refractivity contribution < 1.29 is 14.7 Å². The summed E-state index contributed by atoms with van der Waals surface area (Å²) in [5.74, 6) is 0.00447. The number of carbonyl (C=O) groups is 2. The SMILES string of the molecule is CN(CCO)C(=O)c1ccc(N2CCCC2=O)cc1. The van der Waals surface area contributed by atoms with Gasteiger partial charge in [-0.1, -0.05) is 0 Å². The highest BCUT2D eigenvalue weighted by molar-refractivity contribution is 5.97. The first-order chi connectivity index (χ1) is 9.13. The average Bonchev–Trinajstić information content (AvgIpc) is 2.84. The molecule has 5 nitrogen and oxygen atoms in total. The molecule has 1 aliphatic rings. The number of likely N-dealkylation sites (N-methyl/N-ethyl adjacent to an activating group) is 1. The summed E-state index contributed by atoms with van der Waals surface area (Å²) >= 11 is 0. The van der Waals surface area contributed by atoms with Crippen molar-refractivity contribution in [1.29, 1.82) is 0 Å². The van der Waals surface area contributed by atoms with E-state index >= 15 is 0 Å². The molecule has 5 heteroatoms. The molecule has 2 rings (SSSR count). The molecule has 1 saturated heterocycles. The molecule has 0 saturated carbocycles. The minimum absolute atomic E-state index is 0.0530. The first-order valence-electron chi connectivity index (χ1n) is 6.40. The molecule has 0 aliphatic carbocycles. The van der Waals surface area contributed by atoms with E-state index in [1.807, 2.05) is 0 Å². The molecule has 0 unspecified atom stereocenters. The van der Waals surface area contributed by atoms with Crippen LogP contribution in [0.5, 0.6) is 0 Å². The molecule has 1 N–H and O–H groups in total. The second kappa shape index (κ2) is 5.84. The minimum atomic E-state index is -0.131. The van der Waals surface area contributed by atoms with Crippen molar-refractivity contribution in [2.75, 3.05) is 31.6 Å². The molecule has 0 spiro atoms. The Balaban J connectivity index is 2.10. The van der Waals surface area contributed by atoms with Crippen molar-refractivity contribution in [3.8, 4) is 0 Å². The lowest BCUT2D eigenvalue weighted by Crippen LogP contribution is -2.29. The Kier molecular flexibility index (Phi) is 4.16. The van der Waals surface area contributed by atoms with E-state index in [-0.39, 0.29) is 18.4 Å². The zero-order valence-electron chi connectivity index (χ0n) is 11.0. The van der Waals surface area contributed by atoms with E-state index in [4.69, 9.17) is 5.11 Å². The van der Waals surface area contributed by atoms with Gasteiger partial charge in [-0.15, -0.1) is 0 Å². The van der Waals surface area contributed by atoms with Gasteiger partial charge in [0.05, 0.1) is 6.61 Å². The Morgan fingerprint density at radius 2 is 2.05 bits per heavy atom.